The lowest BCUT2D eigenvalue weighted by Gasteiger charge is -2.47. The number of rotatable bonds is 4. The Morgan fingerprint density at radius 3 is 3.09 bits per heavy atom. The summed E-state index contributed by atoms with van der Waals surface area (Å²) in [7, 11) is 0. The molecule has 0 aliphatic carbocycles. The SMILES string of the molecule is Cc1csc(CN2CC3(C[C@H](Oc4cccnc4)CS3)C2)n1. The number of pyridine rings is 1. The van der Waals surface area contributed by atoms with Crippen molar-refractivity contribution < 1.29 is 4.74 Å². The quantitative estimate of drug-likeness (QED) is 0.860. The zero-order chi connectivity index (χ0) is 15.0. The van der Waals surface area contributed by atoms with Crippen LogP contribution in [0.5, 0.6) is 5.75 Å². The predicted molar refractivity (Wildman–Crippen MR) is 90.6 cm³/mol. The number of ether oxygens (including phenoxy) is 1. The third-order valence-corrected chi connectivity index (χ3v) is 6.69. The molecule has 1 atom stereocenters. The summed E-state index contributed by atoms with van der Waals surface area (Å²) < 4.78 is 6.45. The smallest absolute Gasteiger partial charge is 0.138 e. The van der Waals surface area contributed by atoms with Crippen LogP contribution in [0.15, 0.2) is 29.9 Å². The van der Waals surface area contributed by atoms with E-state index in [0.717, 1.165) is 43.3 Å². The van der Waals surface area contributed by atoms with Crippen molar-refractivity contribution in [3.8, 4) is 5.75 Å². The van der Waals surface area contributed by atoms with Crippen LogP contribution in [0.4, 0.5) is 0 Å². The van der Waals surface area contributed by atoms with Crippen LogP contribution in [0.1, 0.15) is 17.1 Å². The minimum atomic E-state index is 0.318. The Balaban J connectivity index is 1.29. The molecule has 0 unspecified atom stereocenters. The van der Waals surface area contributed by atoms with Crippen molar-refractivity contribution in [1.82, 2.24) is 14.9 Å². The standard InChI is InChI=1S/C16H19N3OS2/c1-12-8-21-15(18-12)7-19-10-16(11-19)5-14(9-22-16)20-13-3-2-4-17-6-13/h2-4,6,8,14H,5,7,9-11H2,1H3/t14-/m0/s1. The van der Waals surface area contributed by atoms with Crippen LogP contribution in [0.3, 0.4) is 0 Å². The molecule has 4 rings (SSSR count). The molecule has 0 radical (unpaired) electrons. The molecule has 2 aliphatic rings. The lowest BCUT2D eigenvalue weighted by molar-refractivity contribution is 0.0919. The highest BCUT2D eigenvalue weighted by molar-refractivity contribution is 8.01. The zero-order valence-electron chi connectivity index (χ0n) is 12.6. The number of thioether (sulfide) groups is 1. The molecule has 2 aromatic rings. The minimum Gasteiger partial charge on any atom is -0.488 e. The number of thiazole rings is 1. The van der Waals surface area contributed by atoms with Crippen LogP contribution in [-0.4, -0.2) is 44.6 Å². The van der Waals surface area contributed by atoms with Gasteiger partial charge in [-0.05, 0) is 19.1 Å². The number of aryl methyl sites for hydroxylation is 1. The summed E-state index contributed by atoms with van der Waals surface area (Å²) in [6.45, 7) is 5.37. The van der Waals surface area contributed by atoms with Gasteiger partial charge >= 0.3 is 0 Å². The van der Waals surface area contributed by atoms with Crippen molar-refractivity contribution in [2.75, 3.05) is 18.8 Å². The Bertz CT molecular complexity index is 640. The molecule has 0 aromatic carbocycles. The maximum Gasteiger partial charge on any atom is 0.138 e. The van der Waals surface area contributed by atoms with E-state index in [1.54, 1.807) is 23.7 Å². The van der Waals surface area contributed by atoms with Crippen molar-refractivity contribution in [1.29, 1.82) is 0 Å². The summed E-state index contributed by atoms with van der Waals surface area (Å²) in [5.74, 6) is 1.97. The van der Waals surface area contributed by atoms with Crippen LogP contribution >= 0.6 is 23.1 Å². The van der Waals surface area contributed by atoms with Gasteiger partial charge in [0.2, 0.25) is 0 Å². The van der Waals surface area contributed by atoms with E-state index in [4.69, 9.17) is 4.74 Å². The largest absolute Gasteiger partial charge is 0.488 e. The zero-order valence-corrected chi connectivity index (χ0v) is 14.2. The van der Waals surface area contributed by atoms with E-state index >= 15 is 0 Å². The molecule has 1 spiro atoms. The van der Waals surface area contributed by atoms with Crippen molar-refractivity contribution in [2.45, 2.75) is 30.7 Å². The van der Waals surface area contributed by atoms with E-state index in [1.807, 2.05) is 12.1 Å². The molecule has 6 heteroatoms. The van der Waals surface area contributed by atoms with Crippen LogP contribution in [-0.2, 0) is 6.54 Å². The molecule has 0 bridgehead atoms. The molecule has 2 fully saturated rings. The lowest BCUT2D eigenvalue weighted by Crippen LogP contribution is -2.58. The molecular formula is C16H19N3OS2. The summed E-state index contributed by atoms with van der Waals surface area (Å²) in [6.07, 6.45) is 5.04. The Labute approximate surface area is 138 Å². The monoisotopic (exact) mass is 333 g/mol. The molecule has 4 nitrogen and oxygen atoms in total. The van der Waals surface area contributed by atoms with Gasteiger partial charge in [-0.25, -0.2) is 4.98 Å². The first-order valence-corrected chi connectivity index (χ1v) is 9.41. The predicted octanol–water partition coefficient (Wildman–Crippen LogP) is 2.99. The van der Waals surface area contributed by atoms with Crippen LogP contribution < -0.4 is 4.74 Å². The van der Waals surface area contributed by atoms with Crippen LogP contribution in [0.25, 0.3) is 0 Å². The summed E-state index contributed by atoms with van der Waals surface area (Å²) in [6, 6.07) is 3.91. The molecule has 22 heavy (non-hydrogen) atoms. The number of likely N-dealkylation sites (tertiary alicyclic amines) is 1. The van der Waals surface area contributed by atoms with E-state index in [-0.39, 0.29) is 0 Å². The molecular weight excluding hydrogens is 314 g/mol. The Kier molecular flexibility index (Phi) is 3.84. The van der Waals surface area contributed by atoms with Crippen LogP contribution in [0, 0.1) is 6.92 Å². The van der Waals surface area contributed by atoms with E-state index in [9.17, 15) is 0 Å². The number of hydrogen-bond donors (Lipinski definition) is 0. The van der Waals surface area contributed by atoms with Crippen molar-refractivity contribution >= 4 is 23.1 Å². The maximum absolute atomic E-state index is 6.05. The molecule has 2 aromatic heterocycles. The number of nitrogens with zero attached hydrogens (tertiary/aromatic N) is 3. The summed E-state index contributed by atoms with van der Waals surface area (Å²) in [4.78, 5) is 11.2. The van der Waals surface area contributed by atoms with Crippen molar-refractivity contribution in [3.63, 3.8) is 0 Å². The van der Waals surface area contributed by atoms with Crippen molar-refractivity contribution in [2.24, 2.45) is 0 Å². The second-order valence-electron chi connectivity index (χ2n) is 6.15. The van der Waals surface area contributed by atoms with E-state index in [2.05, 4.69) is 38.9 Å². The summed E-state index contributed by atoms with van der Waals surface area (Å²) >= 11 is 3.84. The Morgan fingerprint density at radius 2 is 2.36 bits per heavy atom. The van der Waals surface area contributed by atoms with Gasteiger partial charge in [-0.15, -0.1) is 23.1 Å². The average Bonchev–Trinajstić information content (AvgIpc) is 3.07. The molecule has 116 valence electrons. The molecule has 0 amide bonds. The second-order valence-corrected chi connectivity index (χ2v) is 8.59. The van der Waals surface area contributed by atoms with Gasteiger partial charge in [-0.3, -0.25) is 9.88 Å². The summed E-state index contributed by atoms with van der Waals surface area (Å²) in [5.41, 5.74) is 1.13. The van der Waals surface area contributed by atoms with E-state index in [0.29, 0.717) is 10.9 Å². The first-order chi connectivity index (χ1) is 10.7. The van der Waals surface area contributed by atoms with E-state index in [1.165, 1.54) is 5.01 Å². The Hall–Kier alpha value is -1.11. The van der Waals surface area contributed by atoms with Gasteiger partial charge in [0.1, 0.15) is 16.9 Å². The number of aromatic nitrogens is 2. The minimum absolute atomic E-state index is 0.318. The molecule has 2 aliphatic heterocycles. The third-order valence-electron chi connectivity index (χ3n) is 4.16. The molecule has 4 heterocycles. The fourth-order valence-corrected chi connectivity index (χ4v) is 5.64. The van der Waals surface area contributed by atoms with Gasteiger partial charge < -0.3 is 4.74 Å². The summed E-state index contributed by atoms with van der Waals surface area (Å²) in [5, 5.41) is 3.37. The highest BCUT2D eigenvalue weighted by atomic mass is 32.2. The fraction of sp³-hybridized carbons (Fsp3) is 0.500. The maximum atomic E-state index is 6.05. The highest BCUT2D eigenvalue weighted by Crippen LogP contribution is 2.46. The van der Waals surface area contributed by atoms with Gasteiger partial charge in [-0.1, -0.05) is 0 Å². The van der Waals surface area contributed by atoms with Gasteiger partial charge in [-0.2, -0.15) is 0 Å². The van der Waals surface area contributed by atoms with E-state index < -0.39 is 0 Å². The topological polar surface area (TPSA) is 38.2 Å². The average molecular weight is 333 g/mol. The number of hydrogen-bond acceptors (Lipinski definition) is 6. The third kappa shape index (κ3) is 3.00. The molecule has 0 saturated carbocycles. The normalized spacial score (nSPS) is 23.6. The lowest BCUT2D eigenvalue weighted by atomic mass is 9.93. The first-order valence-electron chi connectivity index (χ1n) is 7.55. The van der Waals surface area contributed by atoms with Gasteiger partial charge in [0.25, 0.3) is 0 Å². The second kappa shape index (κ2) is 5.83. The van der Waals surface area contributed by atoms with Crippen molar-refractivity contribution in [3.05, 3.63) is 40.6 Å². The fourth-order valence-electron chi connectivity index (χ4n) is 3.25. The highest BCUT2D eigenvalue weighted by Gasteiger charge is 2.49. The Morgan fingerprint density at radius 1 is 1.45 bits per heavy atom. The van der Waals surface area contributed by atoms with Crippen LogP contribution in [0.2, 0.25) is 0 Å². The molecule has 0 N–H and O–H groups in total. The van der Waals surface area contributed by atoms with Gasteiger partial charge in [0, 0.05) is 47.3 Å². The molecule has 2 saturated heterocycles. The van der Waals surface area contributed by atoms with Gasteiger partial charge in [0.15, 0.2) is 0 Å². The van der Waals surface area contributed by atoms with Gasteiger partial charge in [0.05, 0.1) is 12.7 Å². The first kappa shape index (κ1) is 14.5.